The van der Waals surface area contributed by atoms with E-state index >= 15 is 0 Å². The number of carbonyl (C=O) groups excluding carboxylic acids is 1. The summed E-state index contributed by atoms with van der Waals surface area (Å²) in [5.41, 5.74) is -1.30. The molecule has 1 aromatic heterocycles. The van der Waals surface area contributed by atoms with Crippen molar-refractivity contribution in [2.45, 2.75) is 49.7 Å². The van der Waals surface area contributed by atoms with Crippen molar-refractivity contribution < 1.29 is 31.1 Å². The molecule has 0 aliphatic carbocycles. The lowest BCUT2D eigenvalue weighted by atomic mass is 10.1. The van der Waals surface area contributed by atoms with Crippen LogP contribution in [0.3, 0.4) is 0 Å². The van der Waals surface area contributed by atoms with Crippen LogP contribution in [0, 0.1) is 0 Å². The quantitative estimate of drug-likeness (QED) is 0.0902. The Morgan fingerprint density at radius 2 is 1.51 bits per heavy atom. The Morgan fingerprint density at radius 1 is 0.829 bits per heavy atom. The number of thioether (sulfide) groups is 1. The highest BCUT2D eigenvalue weighted by Crippen LogP contribution is 2.32. The molecule has 3 aromatic carbocycles. The number of aromatic nitrogens is 2. The first-order chi connectivity index (χ1) is 19.4. The van der Waals surface area contributed by atoms with Crippen LogP contribution in [0.5, 0.6) is 0 Å². The van der Waals surface area contributed by atoms with Gasteiger partial charge in [-0.3, -0.25) is 14.2 Å². The molecule has 0 unspecified atom stereocenters. The van der Waals surface area contributed by atoms with Gasteiger partial charge >= 0.3 is 12.4 Å². The smallest absolute Gasteiger partial charge is 0.352 e. The SMILES string of the molecule is O=C(CCCCCSc1nc2ccccc2c(=O)n1-c1cccc(C(F)(F)F)c1)NCc1cccc(C(F)(F)F)c1. The number of hydrogen-bond acceptors (Lipinski definition) is 4. The van der Waals surface area contributed by atoms with Crippen molar-refractivity contribution >= 4 is 28.6 Å². The van der Waals surface area contributed by atoms with E-state index in [1.54, 1.807) is 24.3 Å². The first-order valence-electron chi connectivity index (χ1n) is 12.7. The number of alkyl halides is 6. The largest absolute Gasteiger partial charge is 0.416 e. The number of amides is 1. The molecule has 4 rings (SSSR count). The summed E-state index contributed by atoms with van der Waals surface area (Å²) in [5, 5.41) is 3.16. The third-order valence-corrected chi connectivity index (χ3v) is 7.22. The Kier molecular flexibility index (Phi) is 9.42. The molecule has 0 radical (unpaired) electrons. The fourth-order valence-corrected chi connectivity index (χ4v) is 5.14. The molecular formula is C29H25F6N3O2S. The topological polar surface area (TPSA) is 64.0 Å². The van der Waals surface area contributed by atoms with Crippen LogP contribution in [-0.4, -0.2) is 21.2 Å². The van der Waals surface area contributed by atoms with E-state index in [2.05, 4.69) is 10.3 Å². The van der Waals surface area contributed by atoms with E-state index < -0.39 is 29.0 Å². The molecule has 12 heteroatoms. The van der Waals surface area contributed by atoms with Crippen LogP contribution in [0.15, 0.2) is 82.7 Å². The molecule has 0 fully saturated rings. The fourth-order valence-electron chi connectivity index (χ4n) is 4.13. The third-order valence-electron chi connectivity index (χ3n) is 6.20. The second kappa shape index (κ2) is 12.8. The van der Waals surface area contributed by atoms with Crippen LogP contribution >= 0.6 is 11.8 Å². The summed E-state index contributed by atoms with van der Waals surface area (Å²) in [6, 6.07) is 15.9. The Labute approximate surface area is 235 Å². The van der Waals surface area contributed by atoms with Gasteiger partial charge in [-0.25, -0.2) is 4.98 Å². The Morgan fingerprint density at radius 3 is 2.24 bits per heavy atom. The zero-order chi connectivity index (χ0) is 29.6. The molecule has 0 atom stereocenters. The zero-order valence-corrected chi connectivity index (χ0v) is 22.4. The van der Waals surface area contributed by atoms with Gasteiger partial charge in [0.25, 0.3) is 5.56 Å². The molecule has 0 saturated heterocycles. The Hall–Kier alpha value is -3.80. The van der Waals surface area contributed by atoms with E-state index in [1.165, 1.54) is 40.6 Å². The van der Waals surface area contributed by atoms with E-state index in [0.29, 0.717) is 36.1 Å². The van der Waals surface area contributed by atoms with Gasteiger partial charge in [0, 0.05) is 18.7 Å². The fraction of sp³-hybridized carbons (Fsp3) is 0.276. The number of carbonyl (C=O) groups is 1. The van der Waals surface area contributed by atoms with Gasteiger partial charge in [0.1, 0.15) is 0 Å². The van der Waals surface area contributed by atoms with E-state index in [1.807, 2.05) is 0 Å². The lowest BCUT2D eigenvalue weighted by Gasteiger charge is -2.15. The maximum absolute atomic E-state index is 13.3. The van der Waals surface area contributed by atoms with Gasteiger partial charge in [0.2, 0.25) is 5.91 Å². The Balaban J connectivity index is 1.34. The molecule has 1 N–H and O–H groups in total. The number of para-hydroxylation sites is 1. The summed E-state index contributed by atoms with van der Waals surface area (Å²) in [6.07, 6.45) is -7.03. The minimum atomic E-state index is -4.57. The van der Waals surface area contributed by atoms with Gasteiger partial charge < -0.3 is 5.32 Å². The second-order valence-electron chi connectivity index (χ2n) is 9.23. The molecule has 5 nitrogen and oxygen atoms in total. The number of nitrogens with one attached hydrogen (secondary N) is 1. The molecule has 0 bridgehead atoms. The van der Waals surface area contributed by atoms with Crippen molar-refractivity contribution in [1.82, 2.24) is 14.9 Å². The summed E-state index contributed by atoms with van der Waals surface area (Å²) in [4.78, 5) is 30.0. The van der Waals surface area contributed by atoms with E-state index in [9.17, 15) is 35.9 Å². The van der Waals surface area contributed by atoms with Crippen molar-refractivity contribution in [2.24, 2.45) is 0 Å². The normalized spacial score (nSPS) is 12.0. The molecule has 0 aliphatic heterocycles. The van der Waals surface area contributed by atoms with Crippen LogP contribution in [0.2, 0.25) is 0 Å². The van der Waals surface area contributed by atoms with Crippen molar-refractivity contribution in [3.8, 4) is 5.69 Å². The minimum absolute atomic E-state index is 0.0146. The van der Waals surface area contributed by atoms with Gasteiger partial charge in [0.15, 0.2) is 5.16 Å². The zero-order valence-electron chi connectivity index (χ0n) is 21.6. The summed E-state index contributed by atoms with van der Waals surface area (Å²) in [7, 11) is 0. The maximum atomic E-state index is 13.3. The summed E-state index contributed by atoms with van der Waals surface area (Å²) in [5.74, 6) is 0.208. The highest BCUT2D eigenvalue weighted by atomic mass is 32.2. The van der Waals surface area contributed by atoms with Crippen LogP contribution in [0.25, 0.3) is 16.6 Å². The van der Waals surface area contributed by atoms with Crippen LogP contribution in [-0.2, 0) is 23.7 Å². The lowest BCUT2D eigenvalue weighted by Crippen LogP contribution is -2.22. The van der Waals surface area contributed by atoms with Gasteiger partial charge in [-0.15, -0.1) is 0 Å². The molecule has 41 heavy (non-hydrogen) atoms. The van der Waals surface area contributed by atoms with Crippen molar-refractivity contribution in [3.05, 3.63) is 99.8 Å². The van der Waals surface area contributed by atoms with Gasteiger partial charge in [-0.05, 0) is 60.9 Å². The third kappa shape index (κ3) is 7.90. The molecule has 0 saturated carbocycles. The van der Waals surface area contributed by atoms with Gasteiger partial charge in [-0.1, -0.05) is 48.5 Å². The van der Waals surface area contributed by atoms with Crippen molar-refractivity contribution in [2.75, 3.05) is 5.75 Å². The first-order valence-corrected chi connectivity index (χ1v) is 13.7. The average Bonchev–Trinajstić information content (AvgIpc) is 2.93. The number of halogens is 6. The standard InChI is InChI=1S/C29H25F6N3O2S/c30-28(31,32)20-9-6-8-19(16-20)18-36-25(39)14-2-1-5-15-41-27-37-24-13-4-3-12-23(24)26(40)38(27)22-11-7-10-21(17-22)29(33,34)35/h3-4,6-13,16-17H,1-2,5,14-15,18H2,(H,36,39). The average molecular weight is 594 g/mol. The van der Waals surface area contributed by atoms with Crippen molar-refractivity contribution in [1.29, 1.82) is 0 Å². The molecule has 1 heterocycles. The molecule has 0 spiro atoms. The lowest BCUT2D eigenvalue weighted by molar-refractivity contribution is -0.138. The number of rotatable bonds is 10. The van der Waals surface area contributed by atoms with E-state index in [4.69, 9.17) is 0 Å². The predicted octanol–water partition coefficient (Wildman–Crippen LogP) is 7.39. The number of benzene rings is 3. The Bertz CT molecular complexity index is 1580. The number of fused-ring (bicyclic) bond motifs is 1. The van der Waals surface area contributed by atoms with Gasteiger partial charge in [0.05, 0.1) is 27.7 Å². The summed E-state index contributed by atoms with van der Waals surface area (Å²) in [6.45, 7) is -0.0146. The molecular weight excluding hydrogens is 568 g/mol. The van der Waals surface area contributed by atoms with Gasteiger partial charge in [-0.2, -0.15) is 26.3 Å². The molecule has 1 amide bonds. The maximum Gasteiger partial charge on any atom is 0.416 e. The van der Waals surface area contributed by atoms with E-state index in [-0.39, 0.29) is 35.1 Å². The molecule has 4 aromatic rings. The molecule has 0 aliphatic rings. The van der Waals surface area contributed by atoms with Crippen LogP contribution < -0.4 is 10.9 Å². The highest BCUT2D eigenvalue weighted by molar-refractivity contribution is 7.99. The highest BCUT2D eigenvalue weighted by Gasteiger charge is 2.31. The van der Waals surface area contributed by atoms with E-state index in [0.717, 1.165) is 24.3 Å². The number of unbranched alkanes of at least 4 members (excludes halogenated alkanes) is 2. The second-order valence-corrected chi connectivity index (χ2v) is 10.3. The monoisotopic (exact) mass is 593 g/mol. The van der Waals surface area contributed by atoms with Crippen LogP contribution in [0.1, 0.15) is 42.4 Å². The summed E-state index contributed by atoms with van der Waals surface area (Å²) >= 11 is 1.23. The molecule has 216 valence electrons. The first kappa shape index (κ1) is 30.2. The minimum Gasteiger partial charge on any atom is -0.352 e. The summed E-state index contributed by atoms with van der Waals surface area (Å²) < 4.78 is 79.7. The van der Waals surface area contributed by atoms with Crippen molar-refractivity contribution in [3.63, 3.8) is 0 Å². The number of nitrogens with zero attached hydrogens (tertiary/aromatic N) is 2. The predicted molar refractivity (Wildman–Crippen MR) is 145 cm³/mol. The van der Waals surface area contributed by atoms with Crippen LogP contribution in [0.4, 0.5) is 26.3 Å². The number of hydrogen-bond donors (Lipinski definition) is 1.